The Labute approximate surface area is 82.2 Å². The first kappa shape index (κ1) is 14.7. The molecule has 0 heterocycles. The highest BCUT2D eigenvalue weighted by molar-refractivity contribution is 5.80. The molecule has 0 bridgehead atoms. The molecule has 0 atom stereocenters. The minimum Gasteiger partial charge on any atom is -0.478 e. The Hall–Kier alpha value is -1.35. The lowest BCUT2D eigenvalue weighted by molar-refractivity contribution is -0.347. The highest BCUT2D eigenvalue weighted by atomic mass is 19.4. The van der Waals surface area contributed by atoms with Gasteiger partial charge >= 0.3 is 24.0 Å². The van der Waals surface area contributed by atoms with Crippen molar-refractivity contribution in [2.24, 2.45) is 0 Å². The number of hydrogen-bond acceptors (Lipinski definition) is 1. The maximum atomic E-state index is 12.3. The van der Waals surface area contributed by atoms with E-state index in [0.717, 1.165) is 0 Å². The van der Waals surface area contributed by atoms with Crippen molar-refractivity contribution >= 4 is 5.97 Å². The zero-order chi connectivity index (χ0) is 13.4. The van der Waals surface area contributed by atoms with Gasteiger partial charge in [-0.3, -0.25) is 0 Å². The van der Waals surface area contributed by atoms with Gasteiger partial charge in [0.05, 0.1) is 6.08 Å². The Morgan fingerprint density at radius 3 is 1.62 bits per heavy atom. The van der Waals surface area contributed by atoms with Crippen molar-refractivity contribution in [1.29, 1.82) is 0 Å². The van der Waals surface area contributed by atoms with Crippen molar-refractivity contribution in [3.8, 4) is 0 Å². The summed E-state index contributed by atoms with van der Waals surface area (Å²) >= 11 is 0. The van der Waals surface area contributed by atoms with Crippen molar-refractivity contribution in [3.05, 3.63) is 11.9 Å². The molecule has 0 aliphatic heterocycles. The number of carbonyl (C=O) groups is 1. The topological polar surface area (TPSA) is 37.3 Å². The lowest BCUT2D eigenvalue weighted by Crippen LogP contribution is -2.52. The number of rotatable bonds is 3. The van der Waals surface area contributed by atoms with Gasteiger partial charge in [-0.05, 0) is 0 Å². The van der Waals surface area contributed by atoms with Crippen LogP contribution in [0.3, 0.4) is 0 Å². The first-order chi connectivity index (χ1) is 6.84. The molecular formula is C6H2F8O2. The van der Waals surface area contributed by atoms with Gasteiger partial charge in [0.1, 0.15) is 0 Å². The summed E-state index contributed by atoms with van der Waals surface area (Å²) < 4.78 is 95.2. The van der Waals surface area contributed by atoms with Crippen LogP contribution in [0.1, 0.15) is 0 Å². The molecular weight excluding hydrogens is 256 g/mol. The van der Waals surface area contributed by atoms with E-state index < -0.39 is 35.9 Å². The summed E-state index contributed by atoms with van der Waals surface area (Å²) in [5.74, 6) is -18.8. The molecule has 0 radical (unpaired) electrons. The van der Waals surface area contributed by atoms with Crippen LogP contribution in [0.5, 0.6) is 0 Å². The smallest absolute Gasteiger partial charge is 0.460 e. The van der Waals surface area contributed by atoms with Crippen molar-refractivity contribution < 1.29 is 45.0 Å². The molecule has 0 amide bonds. The lowest BCUT2D eigenvalue weighted by atomic mass is 10.1. The Kier molecular flexibility index (Phi) is 3.58. The molecule has 2 nitrogen and oxygen atoms in total. The van der Waals surface area contributed by atoms with Crippen LogP contribution >= 0.6 is 0 Å². The van der Waals surface area contributed by atoms with Gasteiger partial charge in [0.25, 0.3) is 0 Å². The zero-order valence-electron chi connectivity index (χ0n) is 6.96. The number of carboxylic acids is 1. The first-order valence-electron chi connectivity index (χ1n) is 3.27. The van der Waals surface area contributed by atoms with Gasteiger partial charge in [-0.1, -0.05) is 0 Å². The van der Waals surface area contributed by atoms with E-state index in [1.807, 2.05) is 0 Å². The number of halogens is 8. The third kappa shape index (κ3) is 2.42. The van der Waals surface area contributed by atoms with Gasteiger partial charge in [-0.2, -0.15) is 30.7 Å². The maximum absolute atomic E-state index is 12.3. The fourth-order valence-corrected chi connectivity index (χ4v) is 0.527. The van der Waals surface area contributed by atoms with Gasteiger partial charge in [0.15, 0.2) is 5.83 Å². The minimum atomic E-state index is -6.71. The van der Waals surface area contributed by atoms with E-state index in [2.05, 4.69) is 0 Å². The Morgan fingerprint density at radius 2 is 1.38 bits per heavy atom. The highest BCUT2D eigenvalue weighted by Crippen LogP contribution is 2.49. The van der Waals surface area contributed by atoms with Gasteiger partial charge in [-0.25, -0.2) is 9.18 Å². The van der Waals surface area contributed by atoms with E-state index in [0.29, 0.717) is 0 Å². The Morgan fingerprint density at radius 1 is 1.00 bits per heavy atom. The van der Waals surface area contributed by atoms with E-state index in [-0.39, 0.29) is 0 Å². The molecule has 0 aromatic heterocycles. The summed E-state index contributed by atoms with van der Waals surface area (Å²) in [5.41, 5.74) is 0. The summed E-state index contributed by atoms with van der Waals surface area (Å²) in [6.07, 6.45) is -7.78. The van der Waals surface area contributed by atoms with E-state index >= 15 is 0 Å². The van der Waals surface area contributed by atoms with E-state index in [1.165, 1.54) is 0 Å². The van der Waals surface area contributed by atoms with E-state index in [1.54, 1.807) is 0 Å². The zero-order valence-corrected chi connectivity index (χ0v) is 6.96. The molecule has 0 aromatic rings. The van der Waals surface area contributed by atoms with Gasteiger partial charge in [0.2, 0.25) is 0 Å². The van der Waals surface area contributed by atoms with Crippen molar-refractivity contribution in [2.75, 3.05) is 0 Å². The fourth-order valence-electron chi connectivity index (χ4n) is 0.527. The first-order valence-corrected chi connectivity index (χ1v) is 3.27. The standard InChI is InChI=1S/C6H2F8O2/c7-2(1-3(15)16)4(8,9)5(10,11)6(12,13)14/h1H,(H,15,16)/b2-1+. The molecule has 0 rings (SSSR count). The van der Waals surface area contributed by atoms with Crippen LogP contribution in [-0.4, -0.2) is 29.1 Å². The van der Waals surface area contributed by atoms with Crippen LogP contribution in [0.2, 0.25) is 0 Å². The highest BCUT2D eigenvalue weighted by Gasteiger charge is 2.75. The van der Waals surface area contributed by atoms with Crippen LogP contribution < -0.4 is 0 Å². The SMILES string of the molecule is O=C(O)/C=C(/F)C(F)(F)C(F)(F)C(F)(F)F. The molecule has 0 unspecified atom stereocenters. The monoisotopic (exact) mass is 258 g/mol. The Bertz CT molecular complexity index is 315. The minimum absolute atomic E-state index is 1.07. The molecule has 10 heteroatoms. The summed E-state index contributed by atoms with van der Waals surface area (Å²) in [6, 6.07) is 0. The van der Waals surface area contributed by atoms with Crippen molar-refractivity contribution in [1.82, 2.24) is 0 Å². The van der Waals surface area contributed by atoms with Crippen LogP contribution in [0.15, 0.2) is 11.9 Å². The average molecular weight is 258 g/mol. The molecule has 0 fully saturated rings. The summed E-state index contributed by atoms with van der Waals surface area (Å²) in [6.45, 7) is 0. The van der Waals surface area contributed by atoms with Gasteiger partial charge in [-0.15, -0.1) is 0 Å². The molecule has 0 aliphatic carbocycles. The maximum Gasteiger partial charge on any atom is 0.460 e. The van der Waals surface area contributed by atoms with Crippen molar-refractivity contribution in [2.45, 2.75) is 18.0 Å². The molecule has 1 N–H and O–H groups in total. The molecule has 0 aliphatic rings. The van der Waals surface area contributed by atoms with E-state index in [9.17, 15) is 39.9 Å². The largest absolute Gasteiger partial charge is 0.478 e. The van der Waals surface area contributed by atoms with Gasteiger partial charge in [0, 0.05) is 0 Å². The van der Waals surface area contributed by atoms with Crippen LogP contribution in [0, 0.1) is 0 Å². The number of allylic oxidation sites excluding steroid dienone is 1. The third-order valence-corrected chi connectivity index (χ3v) is 1.30. The number of alkyl halides is 7. The fraction of sp³-hybridized carbons (Fsp3) is 0.500. The predicted octanol–water partition coefficient (Wildman–Crippen LogP) is 2.76. The number of hydrogen-bond donors (Lipinski definition) is 1. The number of carboxylic acid groups (broad SMARTS) is 1. The summed E-state index contributed by atoms with van der Waals surface area (Å²) in [5, 5.41) is 7.74. The Balaban J connectivity index is 5.44. The van der Waals surface area contributed by atoms with E-state index in [4.69, 9.17) is 5.11 Å². The lowest BCUT2D eigenvalue weighted by Gasteiger charge is -2.26. The summed E-state index contributed by atoms with van der Waals surface area (Å²) in [7, 11) is 0. The average Bonchev–Trinajstić information content (AvgIpc) is 2.00. The molecule has 0 spiro atoms. The van der Waals surface area contributed by atoms with Crippen molar-refractivity contribution in [3.63, 3.8) is 0 Å². The predicted molar refractivity (Wildman–Crippen MR) is 32.8 cm³/mol. The van der Waals surface area contributed by atoms with Crippen LogP contribution in [0.4, 0.5) is 35.1 Å². The van der Waals surface area contributed by atoms with Crippen LogP contribution in [0.25, 0.3) is 0 Å². The number of aliphatic carboxylic acids is 1. The molecule has 0 saturated carbocycles. The van der Waals surface area contributed by atoms with Gasteiger partial charge < -0.3 is 5.11 Å². The molecule has 0 aromatic carbocycles. The second-order valence-electron chi connectivity index (χ2n) is 2.48. The van der Waals surface area contributed by atoms with Crippen LogP contribution in [-0.2, 0) is 4.79 Å². The molecule has 94 valence electrons. The normalized spacial score (nSPS) is 15.1. The quantitative estimate of drug-likeness (QED) is 0.624. The third-order valence-electron chi connectivity index (χ3n) is 1.30. The molecule has 16 heavy (non-hydrogen) atoms. The second-order valence-corrected chi connectivity index (χ2v) is 2.48. The second kappa shape index (κ2) is 3.91. The summed E-state index contributed by atoms with van der Waals surface area (Å²) in [4.78, 5) is 9.66. The molecule has 0 saturated heterocycles.